The number of rotatable bonds is 5. The SMILES string of the molecule is O=C(NCc1nc(-c2ccc(N3CCCCC3)cc2)no1)NC1CC1. The number of piperidine rings is 1. The van der Waals surface area contributed by atoms with E-state index in [0.717, 1.165) is 31.5 Å². The van der Waals surface area contributed by atoms with Crippen molar-refractivity contribution in [2.45, 2.75) is 44.7 Å². The minimum atomic E-state index is -0.187. The van der Waals surface area contributed by atoms with Gasteiger partial charge >= 0.3 is 6.03 Å². The molecule has 2 N–H and O–H groups in total. The summed E-state index contributed by atoms with van der Waals surface area (Å²) in [6.45, 7) is 2.48. The first-order valence-corrected chi connectivity index (χ1v) is 9.00. The van der Waals surface area contributed by atoms with Gasteiger partial charge in [0.05, 0.1) is 6.54 Å². The fraction of sp³-hybridized carbons (Fsp3) is 0.500. The zero-order valence-corrected chi connectivity index (χ0v) is 14.2. The lowest BCUT2D eigenvalue weighted by Crippen LogP contribution is -2.36. The number of nitrogens with zero attached hydrogens (tertiary/aromatic N) is 3. The quantitative estimate of drug-likeness (QED) is 0.873. The van der Waals surface area contributed by atoms with E-state index in [4.69, 9.17) is 4.52 Å². The number of carbonyl (C=O) groups excluding carboxylic acids is 1. The lowest BCUT2D eigenvalue weighted by molar-refractivity contribution is 0.238. The lowest BCUT2D eigenvalue weighted by atomic mass is 10.1. The number of aromatic nitrogens is 2. The monoisotopic (exact) mass is 341 g/mol. The predicted octanol–water partition coefficient (Wildman–Crippen LogP) is 2.69. The van der Waals surface area contributed by atoms with Gasteiger partial charge in [0.25, 0.3) is 0 Å². The van der Waals surface area contributed by atoms with Gasteiger partial charge in [0.1, 0.15) is 0 Å². The molecular formula is C18H23N5O2. The van der Waals surface area contributed by atoms with Gasteiger partial charge in [0.15, 0.2) is 0 Å². The van der Waals surface area contributed by atoms with E-state index in [0.29, 0.717) is 17.8 Å². The van der Waals surface area contributed by atoms with Gasteiger partial charge in [-0.1, -0.05) is 5.16 Å². The summed E-state index contributed by atoms with van der Waals surface area (Å²) in [5.41, 5.74) is 2.16. The molecule has 2 aromatic rings. The van der Waals surface area contributed by atoms with Crippen LogP contribution in [0.3, 0.4) is 0 Å². The van der Waals surface area contributed by atoms with Crippen molar-refractivity contribution >= 4 is 11.7 Å². The Bertz CT molecular complexity index is 717. The number of carbonyl (C=O) groups is 1. The molecule has 2 amide bonds. The second-order valence-corrected chi connectivity index (χ2v) is 6.71. The minimum Gasteiger partial charge on any atom is -0.372 e. The summed E-state index contributed by atoms with van der Waals surface area (Å²) in [7, 11) is 0. The maximum atomic E-state index is 11.6. The second-order valence-electron chi connectivity index (χ2n) is 6.71. The van der Waals surface area contributed by atoms with E-state index in [1.54, 1.807) is 0 Å². The second kappa shape index (κ2) is 7.13. The highest BCUT2D eigenvalue weighted by Gasteiger charge is 2.23. The van der Waals surface area contributed by atoms with Crippen molar-refractivity contribution in [1.29, 1.82) is 0 Å². The number of amides is 2. The van der Waals surface area contributed by atoms with Gasteiger partial charge in [-0.2, -0.15) is 4.98 Å². The van der Waals surface area contributed by atoms with Gasteiger partial charge in [-0.15, -0.1) is 0 Å². The summed E-state index contributed by atoms with van der Waals surface area (Å²) in [4.78, 5) is 18.4. The van der Waals surface area contributed by atoms with Crippen molar-refractivity contribution < 1.29 is 9.32 Å². The molecule has 2 heterocycles. The van der Waals surface area contributed by atoms with Gasteiger partial charge < -0.3 is 20.1 Å². The van der Waals surface area contributed by atoms with Crippen molar-refractivity contribution in [3.05, 3.63) is 30.2 Å². The molecule has 132 valence electrons. The van der Waals surface area contributed by atoms with E-state index in [-0.39, 0.29) is 12.6 Å². The van der Waals surface area contributed by atoms with Crippen molar-refractivity contribution in [3.8, 4) is 11.4 Å². The van der Waals surface area contributed by atoms with Gasteiger partial charge in [-0.05, 0) is 56.4 Å². The highest BCUT2D eigenvalue weighted by molar-refractivity contribution is 5.74. The van der Waals surface area contributed by atoms with Crippen LogP contribution in [0.25, 0.3) is 11.4 Å². The van der Waals surface area contributed by atoms with Crippen molar-refractivity contribution in [1.82, 2.24) is 20.8 Å². The van der Waals surface area contributed by atoms with Crippen LogP contribution < -0.4 is 15.5 Å². The van der Waals surface area contributed by atoms with Crippen LogP contribution in [0, 0.1) is 0 Å². The molecule has 0 atom stereocenters. The molecule has 7 nitrogen and oxygen atoms in total. The molecule has 1 aromatic carbocycles. The number of hydrogen-bond donors (Lipinski definition) is 2. The smallest absolute Gasteiger partial charge is 0.315 e. The molecule has 1 aliphatic heterocycles. The van der Waals surface area contributed by atoms with Crippen LogP contribution in [0.5, 0.6) is 0 Å². The van der Waals surface area contributed by atoms with Crippen LogP contribution in [0.4, 0.5) is 10.5 Å². The third-order valence-corrected chi connectivity index (χ3v) is 4.63. The topological polar surface area (TPSA) is 83.3 Å². The van der Waals surface area contributed by atoms with E-state index in [1.807, 2.05) is 12.1 Å². The Labute approximate surface area is 146 Å². The van der Waals surface area contributed by atoms with Crippen LogP contribution in [0.15, 0.2) is 28.8 Å². The molecule has 4 rings (SSSR count). The van der Waals surface area contributed by atoms with Gasteiger partial charge in [-0.3, -0.25) is 0 Å². The fourth-order valence-corrected chi connectivity index (χ4v) is 3.04. The molecule has 2 fully saturated rings. The summed E-state index contributed by atoms with van der Waals surface area (Å²) in [6, 6.07) is 8.40. The maximum absolute atomic E-state index is 11.6. The summed E-state index contributed by atoms with van der Waals surface area (Å²) >= 11 is 0. The fourth-order valence-electron chi connectivity index (χ4n) is 3.04. The predicted molar refractivity (Wildman–Crippen MR) is 94.2 cm³/mol. The van der Waals surface area contributed by atoms with E-state index in [2.05, 4.69) is 37.8 Å². The first-order chi connectivity index (χ1) is 12.3. The largest absolute Gasteiger partial charge is 0.372 e. The molecule has 0 spiro atoms. The normalized spacial score (nSPS) is 17.4. The Hall–Kier alpha value is -2.57. The third-order valence-electron chi connectivity index (χ3n) is 4.63. The first kappa shape index (κ1) is 15.9. The van der Waals surface area contributed by atoms with E-state index in [1.165, 1.54) is 24.9 Å². The summed E-state index contributed by atoms with van der Waals surface area (Å²) in [6.07, 6.45) is 5.97. The lowest BCUT2D eigenvalue weighted by Gasteiger charge is -2.28. The molecule has 1 saturated heterocycles. The standard InChI is InChI=1S/C18H23N5O2/c24-18(20-14-6-7-14)19-12-16-21-17(22-25-16)13-4-8-15(9-5-13)23-10-2-1-3-11-23/h4-5,8-9,14H,1-3,6-7,10-12H2,(H2,19,20,24). The van der Waals surface area contributed by atoms with Crippen LogP contribution >= 0.6 is 0 Å². The molecule has 1 aliphatic carbocycles. The highest BCUT2D eigenvalue weighted by Crippen LogP contribution is 2.23. The van der Waals surface area contributed by atoms with Crippen LogP contribution in [0.2, 0.25) is 0 Å². The molecular weight excluding hydrogens is 318 g/mol. The van der Waals surface area contributed by atoms with Crippen LogP contribution in [-0.4, -0.2) is 35.3 Å². The van der Waals surface area contributed by atoms with Crippen molar-refractivity contribution in [2.75, 3.05) is 18.0 Å². The Morgan fingerprint density at radius 2 is 1.92 bits per heavy atom. The van der Waals surface area contributed by atoms with Gasteiger partial charge in [0.2, 0.25) is 11.7 Å². The number of anilines is 1. The Morgan fingerprint density at radius 3 is 2.64 bits per heavy atom. The maximum Gasteiger partial charge on any atom is 0.315 e. The minimum absolute atomic E-state index is 0.187. The average molecular weight is 341 g/mol. The molecule has 1 aromatic heterocycles. The van der Waals surface area contributed by atoms with Crippen molar-refractivity contribution in [3.63, 3.8) is 0 Å². The van der Waals surface area contributed by atoms with Crippen LogP contribution in [-0.2, 0) is 6.54 Å². The number of urea groups is 1. The third kappa shape index (κ3) is 4.10. The average Bonchev–Trinajstić information content (AvgIpc) is 3.34. The van der Waals surface area contributed by atoms with E-state index >= 15 is 0 Å². The first-order valence-electron chi connectivity index (χ1n) is 9.00. The molecule has 0 bridgehead atoms. The summed E-state index contributed by atoms with van der Waals surface area (Å²) in [5.74, 6) is 0.950. The van der Waals surface area contributed by atoms with Crippen molar-refractivity contribution in [2.24, 2.45) is 0 Å². The molecule has 2 aliphatic rings. The summed E-state index contributed by atoms with van der Waals surface area (Å²) < 4.78 is 5.22. The Kier molecular flexibility index (Phi) is 4.54. The molecule has 1 saturated carbocycles. The molecule has 25 heavy (non-hydrogen) atoms. The Balaban J connectivity index is 1.35. The summed E-state index contributed by atoms with van der Waals surface area (Å²) in [5, 5.41) is 9.60. The number of hydrogen-bond acceptors (Lipinski definition) is 5. The Morgan fingerprint density at radius 1 is 1.16 bits per heavy atom. The molecule has 0 unspecified atom stereocenters. The van der Waals surface area contributed by atoms with Gasteiger partial charge in [-0.25, -0.2) is 4.79 Å². The zero-order valence-electron chi connectivity index (χ0n) is 14.2. The van der Waals surface area contributed by atoms with E-state index in [9.17, 15) is 4.79 Å². The van der Waals surface area contributed by atoms with E-state index < -0.39 is 0 Å². The zero-order chi connectivity index (χ0) is 17.1. The van der Waals surface area contributed by atoms with Gasteiger partial charge in [0, 0.05) is 30.4 Å². The molecule has 0 radical (unpaired) electrons. The van der Waals surface area contributed by atoms with Crippen LogP contribution in [0.1, 0.15) is 38.0 Å². The number of nitrogens with one attached hydrogen (secondary N) is 2. The highest BCUT2D eigenvalue weighted by atomic mass is 16.5. The molecule has 7 heteroatoms. The number of benzene rings is 1.